The molecule has 1 heteroatoms. The van der Waals surface area contributed by atoms with E-state index in [4.69, 9.17) is 4.42 Å². The summed E-state index contributed by atoms with van der Waals surface area (Å²) in [5.74, 6) is 0. The summed E-state index contributed by atoms with van der Waals surface area (Å²) < 4.78 is 7.05. The molecule has 0 aliphatic carbocycles. The van der Waals surface area contributed by atoms with Crippen LogP contribution in [0.4, 0.5) is 0 Å². The lowest BCUT2D eigenvalue weighted by molar-refractivity contribution is 0.670. The van der Waals surface area contributed by atoms with Gasteiger partial charge in [-0.15, -0.1) is 0 Å². The molecule has 0 amide bonds. The minimum Gasteiger partial charge on any atom is -0.455 e. The molecule has 11 aromatic carbocycles. The van der Waals surface area contributed by atoms with Crippen LogP contribution in [0.5, 0.6) is 0 Å². The predicted molar refractivity (Wildman–Crippen MR) is 234 cm³/mol. The maximum Gasteiger partial charge on any atom is 0.143 e. The fourth-order valence-electron chi connectivity index (χ4n) is 9.16. The molecule has 0 atom stereocenters. The number of hydrogen-bond donors (Lipinski definition) is 0. The van der Waals surface area contributed by atoms with Gasteiger partial charge in [0.15, 0.2) is 0 Å². The number of rotatable bonds is 4. The van der Waals surface area contributed by atoms with Gasteiger partial charge in [-0.2, -0.15) is 0 Å². The van der Waals surface area contributed by atoms with Crippen molar-refractivity contribution in [3.8, 4) is 44.5 Å². The van der Waals surface area contributed by atoms with Crippen molar-refractivity contribution >= 4 is 75.8 Å². The van der Waals surface area contributed by atoms with Gasteiger partial charge in [-0.1, -0.05) is 170 Å². The molecular weight excluding hydrogens is 665 g/mol. The van der Waals surface area contributed by atoms with Crippen LogP contribution in [-0.2, 0) is 0 Å². The zero-order valence-corrected chi connectivity index (χ0v) is 29.9. The Bertz CT molecular complexity index is 3440. The Labute approximate surface area is 317 Å². The van der Waals surface area contributed by atoms with Gasteiger partial charge >= 0.3 is 0 Å². The Balaban J connectivity index is 1.10. The molecule has 0 radical (unpaired) electrons. The van der Waals surface area contributed by atoms with E-state index in [1.807, 2.05) is 0 Å². The topological polar surface area (TPSA) is 13.1 Å². The number of furan rings is 1. The van der Waals surface area contributed by atoms with E-state index in [-0.39, 0.29) is 0 Å². The summed E-state index contributed by atoms with van der Waals surface area (Å²) in [6.45, 7) is 0. The summed E-state index contributed by atoms with van der Waals surface area (Å²) in [4.78, 5) is 0. The molecule has 0 bridgehead atoms. The molecule has 0 N–H and O–H groups in total. The highest BCUT2D eigenvalue weighted by molar-refractivity contribution is 6.28. The number of benzene rings is 11. The first-order valence-corrected chi connectivity index (χ1v) is 19.0. The lowest BCUT2D eigenvalue weighted by atomic mass is 9.87. The third-order valence-electron chi connectivity index (χ3n) is 11.8. The summed E-state index contributed by atoms with van der Waals surface area (Å²) in [5.41, 5.74) is 11.3. The van der Waals surface area contributed by atoms with Gasteiger partial charge in [0, 0.05) is 16.3 Å². The Hall–Kier alpha value is -7.22. The van der Waals surface area contributed by atoms with Crippen LogP contribution >= 0.6 is 0 Å². The maximum absolute atomic E-state index is 7.05. The zero-order chi connectivity index (χ0) is 36.0. The molecule has 0 fully saturated rings. The third kappa shape index (κ3) is 4.60. The van der Waals surface area contributed by atoms with E-state index in [9.17, 15) is 0 Å². The molecule has 12 aromatic rings. The van der Waals surface area contributed by atoms with Crippen LogP contribution in [0, 0.1) is 0 Å². The lowest BCUT2D eigenvalue weighted by Crippen LogP contribution is -1.89. The van der Waals surface area contributed by atoms with Crippen LogP contribution in [0.3, 0.4) is 0 Å². The number of hydrogen-bond acceptors (Lipinski definition) is 1. The summed E-state index contributed by atoms with van der Waals surface area (Å²) in [6.07, 6.45) is 0. The average molecular weight is 697 g/mol. The average Bonchev–Trinajstić information content (AvgIpc) is 3.63. The molecule has 1 aromatic heterocycles. The van der Waals surface area contributed by atoms with E-state index in [1.54, 1.807) is 0 Å². The fourth-order valence-corrected chi connectivity index (χ4v) is 9.16. The minimum absolute atomic E-state index is 0.895. The van der Waals surface area contributed by atoms with Crippen LogP contribution in [0.25, 0.3) is 120 Å². The zero-order valence-electron chi connectivity index (χ0n) is 29.9. The molecule has 0 aliphatic heterocycles. The van der Waals surface area contributed by atoms with Crippen molar-refractivity contribution in [2.45, 2.75) is 0 Å². The highest BCUT2D eigenvalue weighted by Gasteiger charge is 2.21. The Morgan fingerprint density at radius 3 is 1.73 bits per heavy atom. The Kier molecular flexibility index (Phi) is 6.40. The minimum atomic E-state index is 0.895. The Morgan fingerprint density at radius 1 is 0.255 bits per heavy atom. The van der Waals surface area contributed by atoms with Crippen LogP contribution in [0.1, 0.15) is 0 Å². The first-order valence-electron chi connectivity index (χ1n) is 19.0. The van der Waals surface area contributed by atoms with E-state index in [2.05, 4.69) is 194 Å². The lowest BCUT2D eigenvalue weighted by Gasteiger charge is -2.15. The van der Waals surface area contributed by atoms with Gasteiger partial charge in [0.1, 0.15) is 11.2 Å². The molecule has 1 heterocycles. The van der Waals surface area contributed by atoms with Gasteiger partial charge in [0.05, 0.1) is 0 Å². The van der Waals surface area contributed by atoms with Crippen LogP contribution in [0.15, 0.2) is 199 Å². The van der Waals surface area contributed by atoms with Crippen LogP contribution < -0.4 is 0 Å². The van der Waals surface area contributed by atoms with Crippen molar-refractivity contribution in [1.29, 1.82) is 0 Å². The summed E-state index contributed by atoms with van der Waals surface area (Å²) >= 11 is 0. The second-order valence-electron chi connectivity index (χ2n) is 14.8. The largest absolute Gasteiger partial charge is 0.455 e. The summed E-state index contributed by atoms with van der Waals surface area (Å²) in [5, 5.41) is 14.9. The van der Waals surface area contributed by atoms with E-state index < -0.39 is 0 Å². The molecule has 0 unspecified atom stereocenters. The molecular formula is C54H32O. The second kappa shape index (κ2) is 11.6. The van der Waals surface area contributed by atoms with Crippen molar-refractivity contribution in [3.05, 3.63) is 194 Å². The SMILES string of the molecule is c1ccc(-c2ccc3cc4c(cc3c2)oc2c(-c3ccc(-c5cccc6ccccc56)cc3)ccc(-c3ccc5ccc6cccc7ccc3c5c67)c24)cc1. The van der Waals surface area contributed by atoms with E-state index in [0.717, 1.165) is 38.5 Å². The first-order chi connectivity index (χ1) is 27.2. The molecule has 0 spiro atoms. The van der Waals surface area contributed by atoms with Gasteiger partial charge in [0.2, 0.25) is 0 Å². The monoisotopic (exact) mass is 696 g/mol. The summed E-state index contributed by atoms with van der Waals surface area (Å²) in [6, 6.07) is 71.0. The van der Waals surface area contributed by atoms with Crippen molar-refractivity contribution < 1.29 is 4.42 Å². The standard InChI is InChI=1S/C54H32O/c1-2-8-33(9-3-1)40-22-23-41-31-49-50(32-42(41)30-40)55-54-45(36-18-16-35(17-19-36)44-15-7-11-34-10-4-5-14-43(34)44)28-29-48(53(49)54)46-26-24-39-21-20-37-12-6-13-38-25-27-47(46)52(39)51(37)38/h1-32H. The van der Waals surface area contributed by atoms with Gasteiger partial charge in [-0.05, 0) is 117 Å². The quantitative estimate of drug-likeness (QED) is 0.167. The summed E-state index contributed by atoms with van der Waals surface area (Å²) in [7, 11) is 0. The highest BCUT2D eigenvalue weighted by atomic mass is 16.3. The molecule has 0 saturated heterocycles. The number of fused-ring (bicyclic) bond motifs is 5. The smallest absolute Gasteiger partial charge is 0.143 e. The molecule has 0 saturated carbocycles. The fraction of sp³-hybridized carbons (Fsp3) is 0. The van der Waals surface area contributed by atoms with Crippen molar-refractivity contribution in [2.24, 2.45) is 0 Å². The van der Waals surface area contributed by atoms with Crippen LogP contribution in [0.2, 0.25) is 0 Å². The van der Waals surface area contributed by atoms with Gasteiger partial charge in [-0.3, -0.25) is 0 Å². The molecule has 254 valence electrons. The molecule has 1 nitrogen and oxygen atoms in total. The molecule has 12 rings (SSSR count). The van der Waals surface area contributed by atoms with E-state index in [1.165, 1.54) is 81.9 Å². The van der Waals surface area contributed by atoms with Gasteiger partial charge < -0.3 is 4.42 Å². The molecule has 55 heavy (non-hydrogen) atoms. The Morgan fingerprint density at radius 2 is 0.873 bits per heavy atom. The maximum atomic E-state index is 7.05. The highest BCUT2D eigenvalue weighted by Crippen LogP contribution is 2.47. The van der Waals surface area contributed by atoms with E-state index in [0.29, 0.717) is 0 Å². The first kappa shape index (κ1) is 30.3. The molecule has 0 aliphatic rings. The predicted octanol–water partition coefficient (Wildman–Crippen LogP) is 15.5. The van der Waals surface area contributed by atoms with Gasteiger partial charge in [0.25, 0.3) is 0 Å². The van der Waals surface area contributed by atoms with Crippen molar-refractivity contribution in [2.75, 3.05) is 0 Å². The second-order valence-corrected chi connectivity index (χ2v) is 14.8. The normalized spacial score (nSPS) is 12.0. The van der Waals surface area contributed by atoms with Gasteiger partial charge in [-0.25, -0.2) is 0 Å². The third-order valence-corrected chi connectivity index (χ3v) is 11.8. The van der Waals surface area contributed by atoms with E-state index >= 15 is 0 Å². The van der Waals surface area contributed by atoms with Crippen LogP contribution in [-0.4, -0.2) is 0 Å². The van der Waals surface area contributed by atoms with Crippen molar-refractivity contribution in [3.63, 3.8) is 0 Å². The van der Waals surface area contributed by atoms with Crippen molar-refractivity contribution in [1.82, 2.24) is 0 Å².